The van der Waals surface area contributed by atoms with Gasteiger partial charge in [0.15, 0.2) is 0 Å². The Morgan fingerprint density at radius 1 is 0.786 bits per heavy atom. The highest BCUT2D eigenvalue weighted by Crippen LogP contribution is 2.20. The summed E-state index contributed by atoms with van der Waals surface area (Å²) in [6, 6.07) is 0. The molecular formula is C10H14O4-2. The molecule has 4 heteroatoms. The standard InChI is InChI=1S/C10H16O4/c1-5(2)7(9(11)12)8(6(3)4)10(13)14/h5-6H,1-4H3,(H,11,12)(H,13,14)/p-2/b8-7-. The fourth-order valence-corrected chi connectivity index (χ4v) is 1.31. The van der Waals surface area contributed by atoms with Gasteiger partial charge in [-0.05, 0) is 23.0 Å². The van der Waals surface area contributed by atoms with Crippen molar-refractivity contribution in [1.29, 1.82) is 0 Å². The number of aliphatic carboxylic acids is 2. The Labute approximate surface area is 83.2 Å². The molecule has 0 atom stereocenters. The summed E-state index contributed by atoms with van der Waals surface area (Å²) in [5, 5.41) is 21.5. The number of carbonyl (C=O) groups is 2. The third-order valence-corrected chi connectivity index (χ3v) is 1.88. The monoisotopic (exact) mass is 198 g/mol. The van der Waals surface area contributed by atoms with Crippen LogP contribution in [0, 0.1) is 11.8 Å². The fourth-order valence-electron chi connectivity index (χ4n) is 1.31. The van der Waals surface area contributed by atoms with Gasteiger partial charge in [0.05, 0.1) is 11.9 Å². The van der Waals surface area contributed by atoms with Crippen molar-refractivity contribution >= 4 is 11.9 Å². The first-order chi connectivity index (χ1) is 6.29. The second kappa shape index (κ2) is 4.79. The molecule has 0 aromatic carbocycles. The highest BCUT2D eigenvalue weighted by molar-refractivity contribution is 5.97. The lowest BCUT2D eigenvalue weighted by Gasteiger charge is -2.22. The molecule has 4 nitrogen and oxygen atoms in total. The van der Waals surface area contributed by atoms with E-state index in [1.54, 1.807) is 27.7 Å². The van der Waals surface area contributed by atoms with Crippen molar-refractivity contribution < 1.29 is 19.8 Å². The van der Waals surface area contributed by atoms with Crippen molar-refractivity contribution in [2.45, 2.75) is 27.7 Å². The Morgan fingerprint density at radius 3 is 1.07 bits per heavy atom. The minimum absolute atomic E-state index is 0.181. The predicted octanol–water partition coefficient (Wildman–Crippen LogP) is -0.905. The van der Waals surface area contributed by atoms with Crippen molar-refractivity contribution in [2.75, 3.05) is 0 Å². The van der Waals surface area contributed by atoms with Crippen LogP contribution in [0.4, 0.5) is 0 Å². The number of carbonyl (C=O) groups excluding carboxylic acids is 2. The first kappa shape index (κ1) is 12.7. The number of carboxylic acids is 2. The summed E-state index contributed by atoms with van der Waals surface area (Å²) >= 11 is 0. The van der Waals surface area contributed by atoms with Gasteiger partial charge in [-0.25, -0.2) is 0 Å². The van der Waals surface area contributed by atoms with Crippen LogP contribution in [0.1, 0.15) is 27.7 Å². The summed E-state index contributed by atoms with van der Waals surface area (Å²) in [6.07, 6.45) is 0. The minimum Gasteiger partial charge on any atom is -0.545 e. The van der Waals surface area contributed by atoms with Crippen molar-refractivity contribution in [3.63, 3.8) is 0 Å². The largest absolute Gasteiger partial charge is 0.545 e. The first-order valence-electron chi connectivity index (χ1n) is 4.45. The summed E-state index contributed by atoms with van der Waals surface area (Å²) in [6.45, 7) is 6.43. The van der Waals surface area contributed by atoms with Gasteiger partial charge in [0.2, 0.25) is 0 Å². The van der Waals surface area contributed by atoms with Gasteiger partial charge in [0, 0.05) is 0 Å². The number of carboxylic acid groups (broad SMARTS) is 2. The molecule has 0 heterocycles. The smallest absolute Gasteiger partial charge is 0.0680 e. The van der Waals surface area contributed by atoms with E-state index >= 15 is 0 Å². The van der Waals surface area contributed by atoms with Gasteiger partial charge in [0.1, 0.15) is 0 Å². The van der Waals surface area contributed by atoms with Crippen LogP contribution in [0.5, 0.6) is 0 Å². The molecule has 80 valence electrons. The van der Waals surface area contributed by atoms with Gasteiger partial charge in [0.25, 0.3) is 0 Å². The maximum absolute atomic E-state index is 10.7. The molecule has 0 saturated heterocycles. The summed E-state index contributed by atoms with van der Waals surface area (Å²) in [7, 11) is 0. The fraction of sp³-hybridized carbons (Fsp3) is 0.600. The molecule has 0 aliphatic heterocycles. The highest BCUT2D eigenvalue weighted by Gasteiger charge is 2.15. The van der Waals surface area contributed by atoms with Crippen LogP contribution in [0.25, 0.3) is 0 Å². The molecule has 14 heavy (non-hydrogen) atoms. The van der Waals surface area contributed by atoms with Crippen LogP contribution in [0.2, 0.25) is 0 Å². The first-order valence-corrected chi connectivity index (χ1v) is 4.45. The number of hydrogen-bond acceptors (Lipinski definition) is 4. The van der Waals surface area contributed by atoms with E-state index in [-0.39, 0.29) is 11.1 Å². The van der Waals surface area contributed by atoms with Gasteiger partial charge in [-0.2, -0.15) is 0 Å². The Balaban J connectivity index is 5.51. The Hall–Kier alpha value is -1.32. The van der Waals surface area contributed by atoms with Crippen molar-refractivity contribution in [1.82, 2.24) is 0 Å². The lowest BCUT2D eigenvalue weighted by Crippen LogP contribution is -2.35. The van der Waals surface area contributed by atoms with Gasteiger partial charge in [-0.1, -0.05) is 27.7 Å². The van der Waals surface area contributed by atoms with E-state index in [9.17, 15) is 19.8 Å². The molecule has 0 bridgehead atoms. The zero-order valence-electron chi connectivity index (χ0n) is 8.79. The lowest BCUT2D eigenvalue weighted by molar-refractivity contribution is -0.305. The maximum Gasteiger partial charge on any atom is 0.0680 e. The van der Waals surface area contributed by atoms with Crippen molar-refractivity contribution in [3.8, 4) is 0 Å². The van der Waals surface area contributed by atoms with E-state index in [4.69, 9.17) is 0 Å². The van der Waals surface area contributed by atoms with Crippen LogP contribution >= 0.6 is 0 Å². The summed E-state index contributed by atoms with van der Waals surface area (Å²) in [4.78, 5) is 21.5. The molecule has 0 aliphatic rings. The van der Waals surface area contributed by atoms with E-state index in [2.05, 4.69) is 0 Å². The molecule has 0 fully saturated rings. The van der Waals surface area contributed by atoms with E-state index in [0.717, 1.165) is 0 Å². The van der Waals surface area contributed by atoms with E-state index in [1.807, 2.05) is 0 Å². The van der Waals surface area contributed by atoms with Gasteiger partial charge in [-0.3, -0.25) is 0 Å². The lowest BCUT2D eigenvalue weighted by atomic mass is 9.90. The normalized spacial score (nSPS) is 13.0. The quantitative estimate of drug-likeness (QED) is 0.548. The number of hydrogen-bond donors (Lipinski definition) is 0. The second-order valence-corrected chi connectivity index (χ2v) is 3.71. The minimum atomic E-state index is -1.44. The maximum atomic E-state index is 10.7. The summed E-state index contributed by atoms with van der Waals surface area (Å²) in [5.74, 6) is -3.66. The molecule has 0 aromatic heterocycles. The molecule has 0 spiro atoms. The summed E-state index contributed by atoms with van der Waals surface area (Å²) < 4.78 is 0. The van der Waals surface area contributed by atoms with Crippen molar-refractivity contribution in [2.24, 2.45) is 11.8 Å². The van der Waals surface area contributed by atoms with E-state index < -0.39 is 23.8 Å². The third kappa shape index (κ3) is 2.87. The average Bonchev–Trinajstić information content (AvgIpc) is 1.96. The summed E-state index contributed by atoms with van der Waals surface area (Å²) in [5.41, 5.74) is -0.361. The van der Waals surface area contributed by atoms with Crippen molar-refractivity contribution in [3.05, 3.63) is 11.1 Å². The molecule has 0 amide bonds. The number of rotatable bonds is 4. The highest BCUT2D eigenvalue weighted by atomic mass is 16.4. The molecule has 0 unspecified atom stereocenters. The van der Waals surface area contributed by atoms with Crippen LogP contribution in [-0.2, 0) is 9.59 Å². The van der Waals surface area contributed by atoms with Gasteiger partial charge in [-0.15, -0.1) is 0 Å². The van der Waals surface area contributed by atoms with Gasteiger partial charge >= 0.3 is 0 Å². The predicted molar refractivity (Wildman–Crippen MR) is 46.7 cm³/mol. The molecule has 0 aromatic rings. The Kier molecular flexibility index (Phi) is 4.34. The zero-order chi connectivity index (χ0) is 11.5. The van der Waals surface area contributed by atoms with E-state index in [1.165, 1.54) is 0 Å². The Morgan fingerprint density at radius 2 is 1.00 bits per heavy atom. The Bertz CT molecular complexity index is 246. The molecule has 0 N–H and O–H groups in total. The molecule has 0 aliphatic carbocycles. The molecule has 0 rings (SSSR count). The zero-order valence-corrected chi connectivity index (χ0v) is 8.79. The SMILES string of the molecule is CC(C)/C(C(=O)[O-])=C(/C(=O)[O-])C(C)C. The third-order valence-electron chi connectivity index (χ3n) is 1.88. The second-order valence-electron chi connectivity index (χ2n) is 3.71. The van der Waals surface area contributed by atoms with Crippen LogP contribution in [-0.4, -0.2) is 11.9 Å². The van der Waals surface area contributed by atoms with Gasteiger partial charge < -0.3 is 19.8 Å². The topological polar surface area (TPSA) is 80.3 Å². The molecule has 0 saturated carbocycles. The average molecular weight is 198 g/mol. The van der Waals surface area contributed by atoms with Crippen LogP contribution in [0.15, 0.2) is 11.1 Å². The molecular weight excluding hydrogens is 184 g/mol. The van der Waals surface area contributed by atoms with E-state index in [0.29, 0.717) is 0 Å². The van der Waals surface area contributed by atoms with Crippen LogP contribution in [0.3, 0.4) is 0 Å². The van der Waals surface area contributed by atoms with Crippen LogP contribution < -0.4 is 10.2 Å². The molecule has 0 radical (unpaired) electrons.